The van der Waals surface area contributed by atoms with Gasteiger partial charge in [0.2, 0.25) is 0 Å². The number of phenolic OH excluding ortho intramolecular Hbond substituents is 1. The Morgan fingerprint density at radius 3 is 2.35 bits per heavy atom. The molecule has 0 unspecified atom stereocenters. The van der Waals surface area contributed by atoms with Crippen molar-refractivity contribution in [3.63, 3.8) is 0 Å². The summed E-state index contributed by atoms with van der Waals surface area (Å²) in [5.41, 5.74) is 0.410. The maximum atomic E-state index is 12.7. The highest BCUT2D eigenvalue weighted by Gasteiger charge is 2.30. The molecule has 1 heterocycles. The maximum Gasteiger partial charge on any atom is 0.416 e. The molecule has 0 spiro atoms. The van der Waals surface area contributed by atoms with Crippen LogP contribution in [-0.4, -0.2) is 15.1 Å². The SMILES string of the molecule is N#Cc1cc(-c2nccnc2Sc2ccc(C(F)(F)F)cc2)ccc1O. The van der Waals surface area contributed by atoms with Gasteiger partial charge >= 0.3 is 6.18 Å². The van der Waals surface area contributed by atoms with Gasteiger partial charge in [0.15, 0.2) is 0 Å². The fourth-order valence-electron chi connectivity index (χ4n) is 2.19. The molecule has 0 radical (unpaired) electrons. The molecule has 26 heavy (non-hydrogen) atoms. The van der Waals surface area contributed by atoms with Crippen LogP contribution in [0.15, 0.2) is 64.8 Å². The van der Waals surface area contributed by atoms with Crippen LogP contribution in [0, 0.1) is 11.3 Å². The second-order valence-electron chi connectivity index (χ2n) is 5.18. The molecule has 1 aromatic heterocycles. The molecule has 4 nitrogen and oxygen atoms in total. The van der Waals surface area contributed by atoms with Crippen LogP contribution in [0.5, 0.6) is 5.75 Å². The summed E-state index contributed by atoms with van der Waals surface area (Å²) in [4.78, 5) is 9.05. The Morgan fingerprint density at radius 1 is 1.00 bits per heavy atom. The van der Waals surface area contributed by atoms with Gasteiger partial charge in [0.25, 0.3) is 0 Å². The topological polar surface area (TPSA) is 69.8 Å². The lowest BCUT2D eigenvalue weighted by Crippen LogP contribution is -2.03. The number of aromatic hydroxyl groups is 1. The maximum absolute atomic E-state index is 12.7. The lowest BCUT2D eigenvalue weighted by Gasteiger charge is -2.09. The lowest BCUT2D eigenvalue weighted by atomic mass is 10.1. The average Bonchev–Trinajstić information content (AvgIpc) is 2.62. The Hall–Kier alpha value is -3.05. The summed E-state index contributed by atoms with van der Waals surface area (Å²) in [6, 6.07) is 11.1. The number of alkyl halides is 3. The second-order valence-corrected chi connectivity index (χ2v) is 6.24. The first-order chi connectivity index (χ1) is 12.4. The quantitative estimate of drug-likeness (QED) is 0.708. The molecule has 2 aromatic carbocycles. The molecule has 3 rings (SSSR count). The Balaban J connectivity index is 1.94. The number of benzene rings is 2. The van der Waals surface area contributed by atoms with Crippen molar-refractivity contribution in [1.29, 1.82) is 5.26 Å². The Labute approximate surface area is 151 Å². The molecule has 0 bridgehead atoms. The molecular weight excluding hydrogens is 363 g/mol. The molecule has 0 saturated carbocycles. The number of aromatic nitrogens is 2. The van der Waals surface area contributed by atoms with E-state index >= 15 is 0 Å². The molecule has 1 N–H and O–H groups in total. The summed E-state index contributed by atoms with van der Waals surface area (Å²) in [5, 5.41) is 19.1. The number of halogens is 3. The first-order valence-corrected chi connectivity index (χ1v) is 8.10. The Bertz CT molecular complexity index is 982. The second kappa shape index (κ2) is 7.06. The van der Waals surface area contributed by atoms with Crippen LogP contribution in [0.25, 0.3) is 11.3 Å². The number of nitriles is 1. The predicted octanol–water partition coefficient (Wildman–Crippen LogP) is 4.89. The minimum absolute atomic E-state index is 0.0960. The summed E-state index contributed by atoms with van der Waals surface area (Å²) in [6.07, 6.45) is -1.44. The van der Waals surface area contributed by atoms with Gasteiger partial charge in [-0.3, -0.25) is 4.98 Å². The highest BCUT2D eigenvalue weighted by atomic mass is 32.2. The van der Waals surface area contributed by atoms with Crippen molar-refractivity contribution in [2.45, 2.75) is 16.1 Å². The monoisotopic (exact) mass is 373 g/mol. The molecule has 0 saturated heterocycles. The zero-order chi connectivity index (χ0) is 18.7. The van der Waals surface area contributed by atoms with E-state index in [1.165, 1.54) is 36.7 Å². The minimum atomic E-state index is -4.39. The number of hydrogen-bond donors (Lipinski definition) is 1. The van der Waals surface area contributed by atoms with E-state index in [9.17, 15) is 18.3 Å². The zero-order valence-electron chi connectivity index (χ0n) is 13.0. The van der Waals surface area contributed by atoms with Gasteiger partial charge in [-0.15, -0.1) is 0 Å². The van der Waals surface area contributed by atoms with Crippen LogP contribution >= 0.6 is 11.8 Å². The van der Waals surface area contributed by atoms with E-state index in [1.54, 1.807) is 6.07 Å². The van der Waals surface area contributed by atoms with E-state index in [0.717, 1.165) is 23.9 Å². The summed E-state index contributed by atoms with van der Waals surface area (Å²) >= 11 is 1.16. The van der Waals surface area contributed by atoms with Gasteiger partial charge in [-0.05, 0) is 42.5 Å². The van der Waals surface area contributed by atoms with Crippen LogP contribution in [0.2, 0.25) is 0 Å². The molecule has 130 valence electrons. The highest BCUT2D eigenvalue weighted by molar-refractivity contribution is 7.99. The van der Waals surface area contributed by atoms with Gasteiger partial charge in [0.05, 0.1) is 11.1 Å². The minimum Gasteiger partial charge on any atom is -0.507 e. The van der Waals surface area contributed by atoms with E-state index < -0.39 is 11.7 Å². The summed E-state index contributed by atoms with van der Waals surface area (Å²) < 4.78 is 38.0. The standard InChI is InChI=1S/C18H10F3N3OS/c19-18(20,21)13-2-4-14(5-3-13)26-17-16(23-7-8-24-17)11-1-6-15(25)12(9-11)10-22/h1-9,25H. The summed E-state index contributed by atoms with van der Waals surface area (Å²) in [6.45, 7) is 0. The third-order valence-corrected chi connectivity index (χ3v) is 4.45. The molecule has 0 amide bonds. The number of nitrogens with zero attached hydrogens (tertiary/aromatic N) is 3. The van der Waals surface area contributed by atoms with E-state index in [-0.39, 0.29) is 11.3 Å². The Morgan fingerprint density at radius 2 is 1.69 bits per heavy atom. The van der Waals surface area contributed by atoms with Gasteiger partial charge in [-0.25, -0.2) is 4.98 Å². The van der Waals surface area contributed by atoms with Crippen molar-refractivity contribution in [2.75, 3.05) is 0 Å². The first-order valence-electron chi connectivity index (χ1n) is 7.28. The fraction of sp³-hybridized carbons (Fsp3) is 0.0556. The van der Waals surface area contributed by atoms with Crippen molar-refractivity contribution >= 4 is 11.8 Å². The van der Waals surface area contributed by atoms with Crippen LogP contribution in [0.4, 0.5) is 13.2 Å². The van der Waals surface area contributed by atoms with Crippen molar-refractivity contribution < 1.29 is 18.3 Å². The molecule has 0 aliphatic heterocycles. The molecule has 8 heteroatoms. The fourth-order valence-corrected chi connectivity index (χ4v) is 3.07. The van der Waals surface area contributed by atoms with Gasteiger partial charge in [0, 0.05) is 22.9 Å². The average molecular weight is 373 g/mol. The molecule has 0 aliphatic carbocycles. The first kappa shape index (κ1) is 17.8. The van der Waals surface area contributed by atoms with E-state index in [2.05, 4.69) is 9.97 Å². The Kier molecular flexibility index (Phi) is 4.82. The van der Waals surface area contributed by atoms with Crippen molar-refractivity contribution in [3.8, 4) is 23.1 Å². The molecule has 0 aliphatic rings. The van der Waals surface area contributed by atoms with E-state index in [1.807, 2.05) is 6.07 Å². The molecule has 0 atom stereocenters. The van der Waals surface area contributed by atoms with Crippen LogP contribution in [-0.2, 0) is 6.18 Å². The van der Waals surface area contributed by atoms with Crippen LogP contribution < -0.4 is 0 Å². The van der Waals surface area contributed by atoms with Crippen molar-refractivity contribution in [3.05, 3.63) is 66.0 Å². The van der Waals surface area contributed by atoms with E-state index in [4.69, 9.17) is 5.26 Å². The third kappa shape index (κ3) is 3.78. The number of rotatable bonds is 3. The van der Waals surface area contributed by atoms with Crippen LogP contribution in [0.3, 0.4) is 0 Å². The smallest absolute Gasteiger partial charge is 0.416 e. The predicted molar refractivity (Wildman–Crippen MR) is 89.4 cm³/mol. The zero-order valence-corrected chi connectivity index (χ0v) is 13.8. The van der Waals surface area contributed by atoms with Gasteiger partial charge < -0.3 is 5.11 Å². The molecule has 0 fully saturated rings. The summed E-state index contributed by atoms with van der Waals surface area (Å²) in [7, 11) is 0. The lowest BCUT2D eigenvalue weighted by molar-refractivity contribution is -0.137. The normalized spacial score (nSPS) is 11.2. The summed E-state index contributed by atoms with van der Waals surface area (Å²) in [5.74, 6) is -0.142. The van der Waals surface area contributed by atoms with Gasteiger partial charge in [0.1, 0.15) is 22.5 Å². The third-order valence-electron chi connectivity index (χ3n) is 3.45. The van der Waals surface area contributed by atoms with Crippen molar-refractivity contribution in [1.82, 2.24) is 9.97 Å². The highest BCUT2D eigenvalue weighted by Crippen LogP contribution is 2.36. The van der Waals surface area contributed by atoms with E-state index in [0.29, 0.717) is 21.2 Å². The number of hydrogen-bond acceptors (Lipinski definition) is 5. The van der Waals surface area contributed by atoms with Crippen LogP contribution in [0.1, 0.15) is 11.1 Å². The van der Waals surface area contributed by atoms with Gasteiger partial charge in [-0.1, -0.05) is 11.8 Å². The molecule has 3 aromatic rings. The largest absolute Gasteiger partial charge is 0.507 e. The molecular formula is C18H10F3N3OS. The van der Waals surface area contributed by atoms with Crippen molar-refractivity contribution in [2.24, 2.45) is 0 Å². The number of phenols is 1. The van der Waals surface area contributed by atoms with Gasteiger partial charge in [-0.2, -0.15) is 18.4 Å².